The summed E-state index contributed by atoms with van der Waals surface area (Å²) in [4.78, 5) is 65.8. The average Bonchev–Trinajstić information content (AvgIpc) is 3.33. The van der Waals surface area contributed by atoms with Crippen LogP contribution < -0.4 is 15.5 Å². The zero-order valence-electron chi connectivity index (χ0n) is 32.5. The molecule has 1 saturated carbocycles. The Morgan fingerprint density at radius 2 is 1.77 bits per heavy atom. The third kappa shape index (κ3) is 9.27. The van der Waals surface area contributed by atoms with E-state index in [0.717, 1.165) is 56.1 Å². The van der Waals surface area contributed by atoms with Crippen LogP contribution in [0.2, 0.25) is 0 Å². The molecule has 2 N–H and O–H groups in total. The maximum absolute atomic E-state index is 13.7. The molecular formula is C39H48F3N9O5S. The van der Waals surface area contributed by atoms with Gasteiger partial charge in [-0.25, -0.2) is 4.98 Å². The number of carbonyl (C=O) groups is 4. The largest absolute Gasteiger partial charge is 0.419 e. The van der Waals surface area contributed by atoms with E-state index in [2.05, 4.69) is 44.2 Å². The molecule has 1 aliphatic carbocycles. The lowest BCUT2D eigenvalue weighted by Crippen LogP contribution is -2.58. The number of piperazine rings is 1. The Labute approximate surface area is 335 Å². The first-order valence-corrected chi connectivity index (χ1v) is 19.7. The molecule has 6 rings (SSSR count). The molecule has 4 aliphatic rings. The molecule has 2 aromatic rings. The Kier molecular flexibility index (Phi) is 12.6. The van der Waals surface area contributed by atoms with Gasteiger partial charge in [-0.2, -0.15) is 18.4 Å². The first-order chi connectivity index (χ1) is 27.0. The zero-order valence-corrected chi connectivity index (χ0v) is 33.3. The molecule has 3 atom stereocenters. The van der Waals surface area contributed by atoms with Crippen molar-refractivity contribution in [2.45, 2.75) is 115 Å². The van der Waals surface area contributed by atoms with Crippen molar-refractivity contribution in [3.05, 3.63) is 47.5 Å². The number of pyridine rings is 2. The molecule has 4 amide bonds. The number of ether oxygens (including phenoxy) is 1. The molecule has 0 bridgehead atoms. The summed E-state index contributed by atoms with van der Waals surface area (Å²) in [7, 11) is 0. The van der Waals surface area contributed by atoms with E-state index in [1.54, 1.807) is 26.0 Å². The summed E-state index contributed by atoms with van der Waals surface area (Å²) in [6, 6.07) is 5.84. The Balaban J connectivity index is 0.918. The molecule has 3 aliphatic heterocycles. The quantitative estimate of drug-likeness (QED) is 0.188. The number of piperidine rings is 1. The van der Waals surface area contributed by atoms with Crippen LogP contribution in [0.4, 0.5) is 24.5 Å². The third-order valence-electron chi connectivity index (χ3n) is 11.4. The lowest BCUT2D eigenvalue weighted by Gasteiger charge is -2.44. The van der Waals surface area contributed by atoms with Gasteiger partial charge in [-0.15, -0.1) is 0 Å². The number of carbonyl (C=O) groups excluding carboxylic acids is 4. The summed E-state index contributed by atoms with van der Waals surface area (Å²) in [5.74, 6) is -1.72. The number of hydrogen-bond acceptors (Lipinski definition) is 11. The van der Waals surface area contributed by atoms with Gasteiger partial charge in [-0.1, -0.05) is 0 Å². The van der Waals surface area contributed by atoms with Gasteiger partial charge in [0.15, 0.2) is 10.8 Å². The second kappa shape index (κ2) is 17.1. The Bertz CT molecular complexity index is 1900. The minimum atomic E-state index is -4.82. The molecule has 306 valence electrons. The fraction of sp³-hybridized carbons (Fsp3) is 0.590. The maximum atomic E-state index is 13.7. The number of halogens is 3. The highest BCUT2D eigenvalue weighted by Gasteiger charge is 2.53. The smallest absolute Gasteiger partial charge is 0.378 e. The van der Waals surface area contributed by atoms with Crippen molar-refractivity contribution in [1.29, 1.82) is 5.26 Å². The molecule has 1 unspecified atom stereocenters. The van der Waals surface area contributed by atoms with Crippen LogP contribution in [0.5, 0.6) is 0 Å². The average molecular weight is 812 g/mol. The number of hydrogen-bond donors (Lipinski definition) is 2. The topological polar surface area (TPSA) is 164 Å². The van der Waals surface area contributed by atoms with Crippen molar-refractivity contribution < 1.29 is 37.1 Å². The van der Waals surface area contributed by atoms with Crippen molar-refractivity contribution in [2.75, 3.05) is 43.0 Å². The van der Waals surface area contributed by atoms with E-state index in [1.165, 1.54) is 12.3 Å². The van der Waals surface area contributed by atoms with Gasteiger partial charge in [0.05, 0.1) is 53.6 Å². The monoisotopic (exact) mass is 811 g/mol. The zero-order chi connectivity index (χ0) is 41.2. The maximum Gasteiger partial charge on any atom is 0.419 e. The summed E-state index contributed by atoms with van der Waals surface area (Å²) >= 11 is 5.70. The highest BCUT2D eigenvalue weighted by molar-refractivity contribution is 7.80. The van der Waals surface area contributed by atoms with Crippen molar-refractivity contribution in [3.8, 4) is 6.07 Å². The molecule has 0 spiro atoms. The molecule has 3 saturated heterocycles. The van der Waals surface area contributed by atoms with Crippen molar-refractivity contribution >= 4 is 52.3 Å². The lowest BCUT2D eigenvalue weighted by molar-refractivity contribution is -0.138. The minimum absolute atomic E-state index is 0.0430. The van der Waals surface area contributed by atoms with Gasteiger partial charge in [0.25, 0.3) is 5.91 Å². The van der Waals surface area contributed by atoms with Crippen molar-refractivity contribution in [2.24, 2.45) is 0 Å². The predicted molar refractivity (Wildman–Crippen MR) is 207 cm³/mol. The Morgan fingerprint density at radius 3 is 2.39 bits per heavy atom. The van der Waals surface area contributed by atoms with Crippen LogP contribution >= 0.6 is 12.2 Å². The summed E-state index contributed by atoms with van der Waals surface area (Å²) in [5, 5.41) is 14.5. The number of alkyl halides is 3. The van der Waals surface area contributed by atoms with Crippen LogP contribution in [-0.4, -0.2) is 116 Å². The van der Waals surface area contributed by atoms with E-state index in [4.69, 9.17) is 22.2 Å². The van der Waals surface area contributed by atoms with Gasteiger partial charge < -0.3 is 19.9 Å². The standard InChI is InChI=1S/C39H48F3N9O5S/c1-23-20-48(21-24(2)49(23)22-34(53)46-25-6-12-31(44-18-25)29-11-13-33(52)47-35(29)54)14-5-15-56-28-9-7-26(8-10-28)51-37(57)50(36(55)38(51,3)4)27-16-30(39(40,41)42)32(17-43)45-19-27/h6,12,16,18-19,23-24,26,28-29H,5,7-11,13-15,20-22H2,1-4H3,(H,46,53)(H,47,52,54)/t23-,24+,26?,28?,29?. The summed E-state index contributed by atoms with van der Waals surface area (Å²) < 4.78 is 47.3. The summed E-state index contributed by atoms with van der Waals surface area (Å²) in [6.07, 6.45) is 2.25. The van der Waals surface area contributed by atoms with Gasteiger partial charge in [0.2, 0.25) is 17.7 Å². The highest BCUT2D eigenvalue weighted by Crippen LogP contribution is 2.40. The minimum Gasteiger partial charge on any atom is -0.378 e. The molecule has 0 radical (unpaired) electrons. The highest BCUT2D eigenvalue weighted by atomic mass is 32.1. The van der Waals surface area contributed by atoms with Crippen LogP contribution in [0, 0.1) is 11.3 Å². The first-order valence-electron chi connectivity index (χ1n) is 19.3. The number of imide groups is 1. The van der Waals surface area contributed by atoms with E-state index in [-0.39, 0.29) is 65.7 Å². The number of nitrogens with one attached hydrogen (secondary N) is 2. The SMILES string of the molecule is C[C@@H]1CN(CCCOC2CCC(N3C(=S)N(c4cnc(C#N)c(C(F)(F)F)c4)C(=O)C3(C)C)CC2)C[C@H](C)N1CC(=O)Nc1ccc(C2CCC(=O)NC2=O)nc1. The fourth-order valence-corrected chi connectivity index (χ4v) is 9.09. The molecule has 4 fully saturated rings. The van der Waals surface area contributed by atoms with E-state index >= 15 is 0 Å². The van der Waals surface area contributed by atoms with E-state index in [9.17, 15) is 32.3 Å². The van der Waals surface area contributed by atoms with Crippen LogP contribution in [0.3, 0.4) is 0 Å². The Morgan fingerprint density at radius 1 is 1.07 bits per heavy atom. The number of nitriles is 1. The number of thiocarbonyl (C=S) groups is 1. The Hall–Kier alpha value is -4.57. The number of aromatic nitrogens is 2. The second-order valence-electron chi connectivity index (χ2n) is 15.9. The van der Waals surface area contributed by atoms with Gasteiger partial charge in [-0.05, 0) is 96.6 Å². The number of rotatable bonds is 11. The number of anilines is 2. The molecule has 14 nitrogen and oxygen atoms in total. The number of nitrogens with zero attached hydrogens (tertiary/aromatic N) is 7. The van der Waals surface area contributed by atoms with E-state index in [1.807, 2.05) is 4.90 Å². The third-order valence-corrected chi connectivity index (χ3v) is 11.8. The predicted octanol–water partition coefficient (Wildman–Crippen LogP) is 4.35. The van der Waals surface area contributed by atoms with Gasteiger partial charge in [-0.3, -0.25) is 39.3 Å². The van der Waals surface area contributed by atoms with E-state index in [0.29, 0.717) is 37.3 Å². The number of amides is 4. The van der Waals surface area contributed by atoms with Gasteiger partial charge in [0.1, 0.15) is 11.6 Å². The molecule has 5 heterocycles. The van der Waals surface area contributed by atoms with Gasteiger partial charge >= 0.3 is 6.18 Å². The first kappa shape index (κ1) is 42.0. The van der Waals surface area contributed by atoms with E-state index < -0.39 is 34.8 Å². The summed E-state index contributed by atoms with van der Waals surface area (Å²) in [5.41, 5.74) is -2.09. The fourth-order valence-electron chi connectivity index (χ4n) is 8.53. The summed E-state index contributed by atoms with van der Waals surface area (Å²) in [6.45, 7) is 10.9. The molecule has 18 heteroatoms. The molecule has 0 aromatic carbocycles. The normalized spacial score (nSPS) is 26.0. The lowest BCUT2D eigenvalue weighted by atomic mass is 9.89. The van der Waals surface area contributed by atoms with Crippen LogP contribution in [0.1, 0.15) is 95.5 Å². The van der Waals surface area contributed by atoms with Crippen LogP contribution in [0.15, 0.2) is 30.6 Å². The van der Waals surface area contributed by atoms with Crippen molar-refractivity contribution in [1.82, 2.24) is 30.0 Å². The molecular weight excluding hydrogens is 764 g/mol. The van der Waals surface area contributed by atoms with Crippen LogP contribution in [-0.2, 0) is 30.1 Å². The van der Waals surface area contributed by atoms with Crippen LogP contribution in [0.25, 0.3) is 0 Å². The molecule has 2 aromatic heterocycles. The van der Waals surface area contributed by atoms with Gasteiger partial charge in [0, 0.05) is 50.8 Å². The molecule has 57 heavy (non-hydrogen) atoms. The van der Waals surface area contributed by atoms with Crippen molar-refractivity contribution in [3.63, 3.8) is 0 Å². The second-order valence-corrected chi connectivity index (χ2v) is 16.2.